The Bertz CT molecular complexity index is 1280. The molecule has 0 aliphatic rings. The molecule has 176 valence electrons. The normalized spacial score (nSPS) is 10.9. The van der Waals surface area contributed by atoms with Crippen LogP contribution in [0.2, 0.25) is 0 Å². The Morgan fingerprint density at radius 2 is 1.85 bits per heavy atom. The Labute approximate surface area is 200 Å². The monoisotopic (exact) mass is 457 g/mol. The zero-order valence-electron chi connectivity index (χ0n) is 20.0. The summed E-state index contributed by atoms with van der Waals surface area (Å²) in [6.45, 7) is 6.02. The van der Waals surface area contributed by atoms with Crippen molar-refractivity contribution in [2.24, 2.45) is 0 Å². The van der Waals surface area contributed by atoms with E-state index in [9.17, 15) is 4.79 Å². The van der Waals surface area contributed by atoms with Crippen LogP contribution in [-0.2, 0) is 13.0 Å². The fraction of sp³-hybridized carbons (Fsp3) is 0.286. The van der Waals surface area contributed by atoms with Gasteiger partial charge in [0.2, 0.25) is 0 Å². The molecule has 6 heteroatoms. The summed E-state index contributed by atoms with van der Waals surface area (Å²) in [7, 11) is 1.59. The van der Waals surface area contributed by atoms with Crippen LogP contribution in [-0.4, -0.2) is 35.7 Å². The number of carbonyl (C=O) groups is 1. The molecule has 1 heterocycles. The number of carbonyl (C=O) groups excluding carboxylic acids is 1. The molecule has 4 rings (SSSR count). The average molecular weight is 458 g/mol. The van der Waals surface area contributed by atoms with Gasteiger partial charge in [-0.3, -0.25) is 4.79 Å². The van der Waals surface area contributed by atoms with Crippen molar-refractivity contribution >= 4 is 16.9 Å². The predicted octanol–water partition coefficient (Wildman–Crippen LogP) is 5.10. The van der Waals surface area contributed by atoms with Crippen molar-refractivity contribution < 1.29 is 14.3 Å². The maximum absolute atomic E-state index is 12.5. The molecule has 0 fully saturated rings. The number of methoxy groups -OCH3 is 1. The molecule has 0 aliphatic carbocycles. The first-order chi connectivity index (χ1) is 16.6. The summed E-state index contributed by atoms with van der Waals surface area (Å²) >= 11 is 0. The molecule has 0 saturated heterocycles. The Morgan fingerprint density at radius 3 is 2.71 bits per heavy atom. The van der Waals surface area contributed by atoms with Crippen LogP contribution in [0.5, 0.6) is 11.5 Å². The van der Waals surface area contributed by atoms with Gasteiger partial charge >= 0.3 is 0 Å². The first-order valence-electron chi connectivity index (χ1n) is 11.6. The van der Waals surface area contributed by atoms with Crippen molar-refractivity contribution in [1.29, 1.82) is 0 Å². The fourth-order valence-electron chi connectivity index (χ4n) is 4.01. The highest BCUT2D eigenvalue weighted by molar-refractivity contribution is 5.94. The lowest BCUT2D eigenvalue weighted by atomic mass is 10.1. The van der Waals surface area contributed by atoms with E-state index in [0.29, 0.717) is 31.0 Å². The third-order valence-corrected chi connectivity index (χ3v) is 6.06. The smallest absolute Gasteiger partial charge is 0.251 e. The number of aryl methyl sites for hydroxylation is 2. The van der Waals surface area contributed by atoms with Gasteiger partial charge in [-0.2, -0.15) is 0 Å². The van der Waals surface area contributed by atoms with E-state index in [1.165, 1.54) is 11.1 Å². The van der Waals surface area contributed by atoms with Crippen molar-refractivity contribution in [3.8, 4) is 11.5 Å². The number of hydrogen-bond acceptors (Lipinski definition) is 4. The molecule has 3 aromatic carbocycles. The maximum atomic E-state index is 12.5. The lowest BCUT2D eigenvalue weighted by Gasteiger charge is -2.13. The summed E-state index contributed by atoms with van der Waals surface area (Å²) in [6, 6.07) is 21.5. The number of nitrogens with zero attached hydrogens (tertiary/aromatic N) is 2. The summed E-state index contributed by atoms with van der Waals surface area (Å²) in [4.78, 5) is 17.3. The molecule has 0 radical (unpaired) electrons. The Balaban J connectivity index is 1.37. The molecule has 34 heavy (non-hydrogen) atoms. The van der Waals surface area contributed by atoms with Crippen LogP contribution in [0.4, 0.5) is 0 Å². The third-order valence-electron chi connectivity index (χ3n) is 6.06. The topological polar surface area (TPSA) is 65.4 Å². The predicted molar refractivity (Wildman–Crippen MR) is 135 cm³/mol. The van der Waals surface area contributed by atoms with Crippen LogP contribution in [0.15, 0.2) is 66.7 Å². The average Bonchev–Trinajstić information content (AvgIpc) is 3.21. The van der Waals surface area contributed by atoms with E-state index in [0.717, 1.165) is 35.4 Å². The zero-order chi connectivity index (χ0) is 23.9. The van der Waals surface area contributed by atoms with E-state index in [4.69, 9.17) is 14.5 Å². The van der Waals surface area contributed by atoms with E-state index in [-0.39, 0.29) is 5.91 Å². The molecule has 0 saturated carbocycles. The highest BCUT2D eigenvalue weighted by atomic mass is 16.5. The second kappa shape index (κ2) is 10.9. The van der Waals surface area contributed by atoms with Crippen molar-refractivity contribution in [3.63, 3.8) is 0 Å². The van der Waals surface area contributed by atoms with E-state index in [1.807, 2.05) is 42.5 Å². The molecule has 0 aliphatic heterocycles. The minimum atomic E-state index is -0.102. The summed E-state index contributed by atoms with van der Waals surface area (Å²) in [5.74, 6) is 2.49. The number of aromatic nitrogens is 2. The molecule has 0 unspecified atom stereocenters. The first-order valence-corrected chi connectivity index (χ1v) is 11.6. The standard InChI is InChI=1S/C28H31N3O3/c1-20-9-6-14-26(21(20)2)34-18-17-31-25-13-5-4-12-24(25)30-27(31)15-8-16-29-28(32)22-10-7-11-23(19-22)33-3/h4-7,9-14,19H,8,15-18H2,1-3H3,(H,29,32). The van der Waals surface area contributed by atoms with Crippen LogP contribution in [0, 0.1) is 13.8 Å². The molecule has 1 N–H and O–H groups in total. The van der Waals surface area contributed by atoms with Gasteiger partial charge in [-0.05, 0) is 67.8 Å². The van der Waals surface area contributed by atoms with Crippen LogP contribution >= 0.6 is 0 Å². The number of nitrogens with one attached hydrogen (secondary N) is 1. The largest absolute Gasteiger partial charge is 0.497 e. The summed E-state index contributed by atoms with van der Waals surface area (Å²) in [5, 5.41) is 2.99. The highest BCUT2D eigenvalue weighted by Crippen LogP contribution is 2.22. The maximum Gasteiger partial charge on any atom is 0.251 e. The zero-order valence-corrected chi connectivity index (χ0v) is 20.0. The van der Waals surface area contributed by atoms with Crippen molar-refractivity contribution in [2.75, 3.05) is 20.3 Å². The molecular weight excluding hydrogens is 426 g/mol. The minimum absolute atomic E-state index is 0.102. The van der Waals surface area contributed by atoms with Crippen molar-refractivity contribution in [1.82, 2.24) is 14.9 Å². The number of para-hydroxylation sites is 2. The number of amides is 1. The Hall–Kier alpha value is -3.80. The van der Waals surface area contributed by atoms with Crippen molar-refractivity contribution in [3.05, 3.63) is 89.2 Å². The van der Waals surface area contributed by atoms with Gasteiger partial charge in [-0.25, -0.2) is 4.98 Å². The van der Waals surface area contributed by atoms with E-state index >= 15 is 0 Å². The van der Waals surface area contributed by atoms with Gasteiger partial charge in [-0.15, -0.1) is 0 Å². The van der Waals surface area contributed by atoms with Crippen LogP contribution in [0.25, 0.3) is 11.0 Å². The number of hydrogen-bond donors (Lipinski definition) is 1. The third kappa shape index (κ3) is 5.39. The van der Waals surface area contributed by atoms with Gasteiger partial charge in [0.05, 0.1) is 24.7 Å². The van der Waals surface area contributed by atoms with Crippen LogP contribution in [0.3, 0.4) is 0 Å². The van der Waals surface area contributed by atoms with Gasteiger partial charge in [0, 0.05) is 18.5 Å². The number of imidazole rings is 1. The second-order valence-electron chi connectivity index (χ2n) is 8.31. The van der Waals surface area contributed by atoms with E-state index in [2.05, 4.69) is 35.9 Å². The van der Waals surface area contributed by atoms with Crippen LogP contribution < -0.4 is 14.8 Å². The molecule has 1 amide bonds. The van der Waals surface area contributed by atoms with Gasteiger partial charge in [-0.1, -0.05) is 30.3 Å². The first kappa shape index (κ1) is 23.4. The minimum Gasteiger partial charge on any atom is -0.497 e. The molecule has 0 bridgehead atoms. The van der Waals surface area contributed by atoms with Gasteiger partial charge in [0.25, 0.3) is 5.91 Å². The number of rotatable bonds is 10. The quantitative estimate of drug-likeness (QED) is 0.336. The second-order valence-corrected chi connectivity index (χ2v) is 8.31. The summed E-state index contributed by atoms with van der Waals surface area (Å²) in [5.41, 5.74) is 5.06. The Morgan fingerprint density at radius 1 is 1.03 bits per heavy atom. The van der Waals surface area contributed by atoms with Crippen LogP contribution in [0.1, 0.15) is 33.7 Å². The molecule has 6 nitrogen and oxygen atoms in total. The van der Waals surface area contributed by atoms with Gasteiger partial charge in [0.15, 0.2) is 0 Å². The number of fused-ring (bicyclic) bond motifs is 1. The molecule has 4 aromatic rings. The number of benzene rings is 3. The summed E-state index contributed by atoms with van der Waals surface area (Å²) in [6.07, 6.45) is 1.55. The highest BCUT2D eigenvalue weighted by Gasteiger charge is 2.12. The lowest BCUT2D eigenvalue weighted by Crippen LogP contribution is -2.25. The lowest BCUT2D eigenvalue weighted by molar-refractivity contribution is 0.0953. The van der Waals surface area contributed by atoms with Gasteiger partial charge < -0.3 is 19.4 Å². The van der Waals surface area contributed by atoms with E-state index in [1.54, 1.807) is 19.2 Å². The summed E-state index contributed by atoms with van der Waals surface area (Å²) < 4.78 is 13.5. The van der Waals surface area contributed by atoms with Gasteiger partial charge in [0.1, 0.15) is 23.9 Å². The SMILES string of the molecule is COc1cccc(C(=O)NCCCc2nc3ccccc3n2CCOc2cccc(C)c2C)c1. The molecule has 0 spiro atoms. The van der Waals surface area contributed by atoms with E-state index < -0.39 is 0 Å². The fourth-order valence-corrected chi connectivity index (χ4v) is 4.01. The molecular formula is C28H31N3O3. The Kier molecular flexibility index (Phi) is 7.48. The van der Waals surface area contributed by atoms with Crippen molar-refractivity contribution in [2.45, 2.75) is 33.2 Å². The molecule has 0 atom stereocenters. The number of ether oxygens (including phenoxy) is 2. The molecule has 1 aromatic heterocycles.